The summed E-state index contributed by atoms with van der Waals surface area (Å²) < 4.78 is 0. The summed E-state index contributed by atoms with van der Waals surface area (Å²) in [6, 6.07) is 19.2. The first-order chi connectivity index (χ1) is 9.83. The van der Waals surface area contributed by atoms with Crippen LogP contribution in [0.5, 0.6) is 0 Å². The first kappa shape index (κ1) is 12.4. The van der Waals surface area contributed by atoms with Gasteiger partial charge in [-0.2, -0.15) is 0 Å². The average molecular weight is 262 g/mol. The lowest BCUT2D eigenvalue weighted by Gasteiger charge is -2.06. The molecule has 2 aromatic carbocycles. The third-order valence-corrected chi connectivity index (χ3v) is 3.14. The van der Waals surface area contributed by atoms with Gasteiger partial charge >= 0.3 is 0 Å². The normalized spacial score (nSPS) is 10.4. The van der Waals surface area contributed by atoms with Gasteiger partial charge in [-0.05, 0) is 29.8 Å². The molecule has 0 atom stereocenters. The molecule has 1 aromatic heterocycles. The second-order valence-corrected chi connectivity index (χ2v) is 4.58. The van der Waals surface area contributed by atoms with Crippen molar-refractivity contribution in [3.05, 3.63) is 78.0 Å². The Labute approximate surface area is 117 Å². The number of para-hydroxylation sites is 1. The van der Waals surface area contributed by atoms with Gasteiger partial charge in [-0.3, -0.25) is 9.78 Å². The van der Waals surface area contributed by atoms with Crippen molar-refractivity contribution in [2.24, 2.45) is 0 Å². The van der Waals surface area contributed by atoms with E-state index in [0.717, 1.165) is 16.5 Å². The Morgan fingerprint density at radius 3 is 2.60 bits per heavy atom. The number of benzene rings is 2. The van der Waals surface area contributed by atoms with Crippen molar-refractivity contribution in [2.75, 3.05) is 0 Å². The van der Waals surface area contributed by atoms with Crippen LogP contribution >= 0.6 is 0 Å². The summed E-state index contributed by atoms with van der Waals surface area (Å²) >= 11 is 0. The Kier molecular flexibility index (Phi) is 3.42. The molecule has 1 heterocycles. The minimum atomic E-state index is -0.0706. The number of pyridine rings is 1. The number of hydrogen-bond donors (Lipinski definition) is 1. The number of aromatic nitrogens is 1. The van der Waals surface area contributed by atoms with Gasteiger partial charge in [0.05, 0.1) is 5.52 Å². The van der Waals surface area contributed by atoms with Crippen LogP contribution in [0.3, 0.4) is 0 Å². The number of amides is 1. The van der Waals surface area contributed by atoms with E-state index in [4.69, 9.17) is 0 Å². The van der Waals surface area contributed by atoms with Crippen LogP contribution in [-0.4, -0.2) is 10.9 Å². The molecule has 20 heavy (non-hydrogen) atoms. The number of carbonyl (C=O) groups is 1. The van der Waals surface area contributed by atoms with E-state index in [9.17, 15) is 4.79 Å². The molecule has 0 spiro atoms. The van der Waals surface area contributed by atoms with Crippen molar-refractivity contribution in [3.63, 3.8) is 0 Å². The molecular formula is C17H14N2O. The van der Waals surface area contributed by atoms with Gasteiger partial charge in [0.1, 0.15) is 0 Å². The Morgan fingerprint density at radius 1 is 1.00 bits per heavy atom. The van der Waals surface area contributed by atoms with Gasteiger partial charge in [0.15, 0.2) is 0 Å². The lowest BCUT2D eigenvalue weighted by molar-refractivity contribution is 0.0951. The van der Waals surface area contributed by atoms with E-state index in [1.165, 1.54) is 0 Å². The van der Waals surface area contributed by atoms with Gasteiger partial charge in [0.2, 0.25) is 0 Å². The van der Waals surface area contributed by atoms with E-state index >= 15 is 0 Å². The predicted octanol–water partition coefficient (Wildman–Crippen LogP) is 3.16. The third kappa shape index (κ3) is 2.67. The van der Waals surface area contributed by atoms with E-state index < -0.39 is 0 Å². The van der Waals surface area contributed by atoms with Crippen LogP contribution in [0.2, 0.25) is 0 Å². The van der Waals surface area contributed by atoms with Crippen LogP contribution in [0, 0.1) is 0 Å². The van der Waals surface area contributed by atoms with Crippen molar-refractivity contribution < 1.29 is 4.79 Å². The molecule has 1 amide bonds. The second kappa shape index (κ2) is 5.53. The van der Waals surface area contributed by atoms with E-state index in [-0.39, 0.29) is 5.91 Å². The monoisotopic (exact) mass is 262 g/mol. The van der Waals surface area contributed by atoms with Crippen molar-refractivity contribution in [1.82, 2.24) is 10.3 Å². The zero-order valence-corrected chi connectivity index (χ0v) is 10.9. The lowest BCUT2D eigenvalue weighted by atomic mass is 10.1. The molecule has 0 fully saturated rings. The smallest absolute Gasteiger partial charge is 0.251 e. The summed E-state index contributed by atoms with van der Waals surface area (Å²) in [5, 5.41) is 3.98. The van der Waals surface area contributed by atoms with E-state index in [2.05, 4.69) is 10.3 Å². The Hall–Kier alpha value is -2.68. The van der Waals surface area contributed by atoms with Gasteiger partial charge in [-0.1, -0.05) is 36.4 Å². The highest BCUT2D eigenvalue weighted by molar-refractivity contribution is 5.94. The number of nitrogens with one attached hydrogen (secondary N) is 1. The number of fused-ring (bicyclic) bond motifs is 1. The number of nitrogens with zero attached hydrogens (tertiary/aromatic N) is 1. The van der Waals surface area contributed by atoms with Crippen LogP contribution < -0.4 is 5.32 Å². The molecule has 0 unspecified atom stereocenters. The zero-order chi connectivity index (χ0) is 13.8. The molecule has 0 saturated heterocycles. The predicted molar refractivity (Wildman–Crippen MR) is 79.4 cm³/mol. The summed E-state index contributed by atoms with van der Waals surface area (Å²) in [5.74, 6) is -0.0706. The van der Waals surface area contributed by atoms with Crippen LogP contribution in [-0.2, 0) is 6.54 Å². The summed E-state index contributed by atoms with van der Waals surface area (Å²) in [6.45, 7) is 0.478. The molecule has 0 radical (unpaired) electrons. The highest BCUT2D eigenvalue weighted by Gasteiger charge is 2.04. The number of hydrogen-bond acceptors (Lipinski definition) is 2. The highest BCUT2D eigenvalue weighted by Crippen LogP contribution is 2.12. The van der Waals surface area contributed by atoms with E-state index in [1.807, 2.05) is 48.5 Å². The quantitative estimate of drug-likeness (QED) is 0.787. The molecular weight excluding hydrogens is 248 g/mol. The van der Waals surface area contributed by atoms with Gasteiger partial charge in [0, 0.05) is 23.7 Å². The van der Waals surface area contributed by atoms with Gasteiger partial charge in [-0.15, -0.1) is 0 Å². The molecule has 3 nitrogen and oxygen atoms in total. The number of rotatable bonds is 3. The minimum absolute atomic E-state index is 0.0706. The highest BCUT2D eigenvalue weighted by atomic mass is 16.1. The molecule has 0 aliphatic heterocycles. The number of carbonyl (C=O) groups excluding carboxylic acids is 1. The Morgan fingerprint density at radius 2 is 1.75 bits per heavy atom. The molecule has 98 valence electrons. The zero-order valence-electron chi connectivity index (χ0n) is 10.9. The minimum Gasteiger partial charge on any atom is -0.348 e. The molecule has 0 saturated carbocycles. The largest absolute Gasteiger partial charge is 0.348 e. The Bertz CT molecular complexity index is 738. The molecule has 3 heteroatoms. The average Bonchev–Trinajstić information content (AvgIpc) is 2.53. The van der Waals surface area contributed by atoms with Crippen molar-refractivity contribution in [3.8, 4) is 0 Å². The molecule has 0 aliphatic rings. The maximum atomic E-state index is 12.0. The van der Waals surface area contributed by atoms with Crippen molar-refractivity contribution >= 4 is 16.8 Å². The fraction of sp³-hybridized carbons (Fsp3) is 0.0588. The molecule has 1 N–H and O–H groups in total. The first-order valence-electron chi connectivity index (χ1n) is 6.50. The summed E-state index contributed by atoms with van der Waals surface area (Å²) in [6.07, 6.45) is 1.80. The van der Waals surface area contributed by atoms with Crippen molar-refractivity contribution in [1.29, 1.82) is 0 Å². The third-order valence-electron chi connectivity index (χ3n) is 3.14. The molecule has 3 rings (SSSR count). The topological polar surface area (TPSA) is 42.0 Å². The van der Waals surface area contributed by atoms with Gasteiger partial charge in [-0.25, -0.2) is 0 Å². The van der Waals surface area contributed by atoms with E-state index in [0.29, 0.717) is 12.1 Å². The summed E-state index contributed by atoms with van der Waals surface area (Å²) in [4.78, 5) is 16.3. The van der Waals surface area contributed by atoms with Crippen LogP contribution in [0.25, 0.3) is 10.9 Å². The van der Waals surface area contributed by atoms with Gasteiger partial charge in [0.25, 0.3) is 5.91 Å². The maximum Gasteiger partial charge on any atom is 0.251 e. The fourth-order valence-electron chi connectivity index (χ4n) is 2.09. The SMILES string of the molecule is O=C(NCc1cnc2ccccc2c1)c1ccccc1. The molecule has 0 bridgehead atoms. The second-order valence-electron chi connectivity index (χ2n) is 4.58. The summed E-state index contributed by atoms with van der Waals surface area (Å²) in [7, 11) is 0. The Balaban J connectivity index is 1.72. The van der Waals surface area contributed by atoms with E-state index in [1.54, 1.807) is 18.3 Å². The summed E-state index contributed by atoms with van der Waals surface area (Å²) in [5.41, 5.74) is 2.62. The molecule has 3 aromatic rings. The standard InChI is InChI=1S/C17H14N2O/c20-17(14-6-2-1-3-7-14)19-12-13-10-15-8-4-5-9-16(15)18-11-13/h1-11H,12H2,(H,19,20). The van der Waals surface area contributed by atoms with Crippen LogP contribution in [0.1, 0.15) is 15.9 Å². The first-order valence-corrected chi connectivity index (χ1v) is 6.50. The van der Waals surface area contributed by atoms with Crippen molar-refractivity contribution in [2.45, 2.75) is 6.54 Å². The molecule has 0 aliphatic carbocycles. The van der Waals surface area contributed by atoms with Gasteiger partial charge < -0.3 is 5.32 Å². The van der Waals surface area contributed by atoms with Crippen LogP contribution in [0.15, 0.2) is 66.9 Å². The maximum absolute atomic E-state index is 12.0. The van der Waals surface area contributed by atoms with Crippen LogP contribution in [0.4, 0.5) is 0 Å². The lowest BCUT2D eigenvalue weighted by Crippen LogP contribution is -2.22. The fourth-order valence-corrected chi connectivity index (χ4v) is 2.09.